The van der Waals surface area contributed by atoms with Gasteiger partial charge in [-0.2, -0.15) is 0 Å². The van der Waals surface area contributed by atoms with Crippen LogP contribution in [0.4, 0.5) is 0 Å². The van der Waals surface area contributed by atoms with Gasteiger partial charge in [-0.05, 0) is 47.8 Å². The summed E-state index contributed by atoms with van der Waals surface area (Å²) in [7, 11) is 0. The second-order valence-corrected chi connectivity index (χ2v) is 8.31. The highest BCUT2D eigenvalue weighted by atomic mass is 32.1. The maximum absolute atomic E-state index is 2.38. The predicted octanol–water partition coefficient (Wildman–Crippen LogP) is 7.14. The average molecular weight is 372 g/mol. The zero-order valence-electron chi connectivity index (χ0n) is 14.1. The van der Waals surface area contributed by atoms with Gasteiger partial charge in [-0.3, -0.25) is 0 Å². The van der Waals surface area contributed by atoms with E-state index in [-0.39, 0.29) is 0 Å². The van der Waals surface area contributed by atoms with Gasteiger partial charge in [-0.15, -0.1) is 22.7 Å². The van der Waals surface area contributed by atoms with Crippen molar-refractivity contribution in [2.75, 3.05) is 0 Å². The Morgan fingerprint density at radius 1 is 0.692 bits per heavy atom. The molecule has 4 aromatic rings. The van der Waals surface area contributed by atoms with Gasteiger partial charge in [0, 0.05) is 16.5 Å². The lowest BCUT2D eigenvalue weighted by Gasteiger charge is -2.12. The van der Waals surface area contributed by atoms with Gasteiger partial charge in [0.1, 0.15) is 0 Å². The van der Waals surface area contributed by atoms with Crippen LogP contribution in [0.15, 0.2) is 96.4 Å². The number of hydrogen-bond acceptors (Lipinski definition) is 2. The fourth-order valence-corrected chi connectivity index (χ4v) is 5.22. The van der Waals surface area contributed by atoms with Gasteiger partial charge >= 0.3 is 0 Å². The molecule has 0 N–H and O–H groups in total. The van der Waals surface area contributed by atoms with E-state index in [4.69, 9.17) is 0 Å². The van der Waals surface area contributed by atoms with Gasteiger partial charge < -0.3 is 4.57 Å². The second-order valence-electron chi connectivity index (χ2n) is 6.25. The first-order valence-corrected chi connectivity index (χ1v) is 10.4. The molecule has 0 atom stereocenters. The minimum absolute atomic E-state index is 0.422. The number of para-hydroxylation sites is 1. The molecule has 1 nitrogen and oxygen atoms in total. The molecule has 0 spiro atoms. The van der Waals surface area contributed by atoms with Crippen molar-refractivity contribution in [3.05, 3.63) is 101 Å². The van der Waals surface area contributed by atoms with Crippen molar-refractivity contribution in [1.82, 2.24) is 4.57 Å². The van der Waals surface area contributed by atoms with Crippen molar-refractivity contribution >= 4 is 22.7 Å². The topological polar surface area (TPSA) is 4.93 Å². The van der Waals surface area contributed by atoms with E-state index in [1.165, 1.54) is 31.7 Å². The van der Waals surface area contributed by atoms with Gasteiger partial charge in [-0.25, -0.2) is 0 Å². The molecule has 0 amide bonds. The first-order valence-electron chi connectivity index (χ1n) is 8.66. The Morgan fingerprint density at radius 2 is 1.46 bits per heavy atom. The minimum Gasteiger partial charge on any atom is -0.308 e. The number of hydrogen-bond donors (Lipinski definition) is 0. The summed E-state index contributed by atoms with van der Waals surface area (Å²) in [5.74, 6) is 0.422. The molecule has 1 aliphatic carbocycles. The summed E-state index contributed by atoms with van der Waals surface area (Å²) in [6, 6.07) is 23.9. The van der Waals surface area contributed by atoms with E-state index in [0.717, 1.165) is 0 Å². The summed E-state index contributed by atoms with van der Waals surface area (Å²) < 4.78 is 2.38. The van der Waals surface area contributed by atoms with Crippen molar-refractivity contribution in [3.63, 3.8) is 0 Å². The van der Waals surface area contributed by atoms with Gasteiger partial charge in [0.05, 0.1) is 21.1 Å². The molecular weight excluding hydrogens is 354 g/mol. The maximum atomic E-state index is 2.38. The van der Waals surface area contributed by atoms with Crippen LogP contribution in [-0.4, -0.2) is 4.57 Å². The lowest BCUT2D eigenvalue weighted by Crippen LogP contribution is -1.97. The summed E-state index contributed by atoms with van der Waals surface area (Å²) in [4.78, 5) is 3.99. The summed E-state index contributed by atoms with van der Waals surface area (Å²) >= 11 is 3.67. The van der Waals surface area contributed by atoms with Gasteiger partial charge in [0.15, 0.2) is 0 Å². The van der Waals surface area contributed by atoms with E-state index in [9.17, 15) is 0 Å². The molecule has 3 aromatic heterocycles. The number of aromatic nitrogens is 1. The van der Waals surface area contributed by atoms with Crippen LogP contribution in [0.5, 0.6) is 0 Å². The van der Waals surface area contributed by atoms with Crippen molar-refractivity contribution in [2.24, 2.45) is 0 Å². The lowest BCUT2D eigenvalue weighted by molar-refractivity contribution is 1.10. The van der Waals surface area contributed by atoms with Crippen molar-refractivity contribution < 1.29 is 0 Å². The van der Waals surface area contributed by atoms with Crippen LogP contribution in [0, 0.1) is 0 Å². The smallest absolute Gasteiger partial charge is 0.0635 e. The van der Waals surface area contributed by atoms with E-state index in [2.05, 4.69) is 101 Å². The molecule has 26 heavy (non-hydrogen) atoms. The molecule has 1 aliphatic rings. The van der Waals surface area contributed by atoms with Gasteiger partial charge in [0.2, 0.25) is 0 Å². The molecule has 3 heterocycles. The average Bonchev–Trinajstić information content (AvgIpc) is 3.49. The quantitative estimate of drug-likeness (QED) is 0.359. The fourth-order valence-electron chi connectivity index (χ4n) is 3.39. The molecule has 0 fully saturated rings. The lowest BCUT2D eigenvalue weighted by atomic mass is 10.1. The molecule has 3 heteroatoms. The standard InChI is InChI=1S/C23H17NS2/c1-2-9-18(10-3-1)24-19(22-11-6-16-25-22)12-13-20(24)23-15-14-21(26-23)17-7-4-5-8-17/h1-17H. The van der Waals surface area contributed by atoms with E-state index in [0.29, 0.717) is 5.92 Å². The Hall–Kier alpha value is -2.62. The molecule has 0 bridgehead atoms. The largest absolute Gasteiger partial charge is 0.308 e. The van der Waals surface area contributed by atoms with Gasteiger partial charge in [-0.1, -0.05) is 48.6 Å². The first-order chi connectivity index (χ1) is 12.9. The summed E-state index contributed by atoms with van der Waals surface area (Å²) in [5.41, 5.74) is 3.70. The highest BCUT2D eigenvalue weighted by Gasteiger charge is 2.17. The van der Waals surface area contributed by atoms with Crippen molar-refractivity contribution in [3.8, 4) is 26.8 Å². The molecule has 5 rings (SSSR count). The van der Waals surface area contributed by atoms with Crippen molar-refractivity contribution in [1.29, 1.82) is 0 Å². The third kappa shape index (κ3) is 2.70. The molecule has 126 valence electrons. The molecule has 0 saturated heterocycles. The summed E-state index contributed by atoms with van der Waals surface area (Å²) in [6.07, 6.45) is 8.77. The predicted molar refractivity (Wildman–Crippen MR) is 113 cm³/mol. The summed E-state index contributed by atoms with van der Waals surface area (Å²) in [6.45, 7) is 0. The van der Waals surface area contributed by atoms with E-state index < -0.39 is 0 Å². The van der Waals surface area contributed by atoms with E-state index in [1.807, 2.05) is 11.3 Å². The molecule has 0 saturated carbocycles. The Labute approximate surface area is 161 Å². The third-order valence-corrected chi connectivity index (χ3v) is 6.73. The molecular formula is C23H17NS2. The van der Waals surface area contributed by atoms with E-state index in [1.54, 1.807) is 11.3 Å². The van der Waals surface area contributed by atoms with E-state index >= 15 is 0 Å². The van der Waals surface area contributed by atoms with Crippen LogP contribution in [0.1, 0.15) is 10.8 Å². The van der Waals surface area contributed by atoms with Crippen LogP contribution < -0.4 is 0 Å². The minimum atomic E-state index is 0.422. The normalized spacial score (nSPS) is 13.7. The maximum Gasteiger partial charge on any atom is 0.0635 e. The van der Waals surface area contributed by atoms with Crippen LogP contribution in [0.25, 0.3) is 26.8 Å². The Bertz CT molecular complexity index is 1070. The van der Waals surface area contributed by atoms with Crippen LogP contribution in [-0.2, 0) is 0 Å². The zero-order chi connectivity index (χ0) is 17.3. The Kier molecular flexibility index (Phi) is 3.96. The van der Waals surface area contributed by atoms with Gasteiger partial charge in [0.25, 0.3) is 0 Å². The van der Waals surface area contributed by atoms with Crippen LogP contribution in [0.3, 0.4) is 0 Å². The monoisotopic (exact) mass is 371 g/mol. The first kappa shape index (κ1) is 15.6. The molecule has 0 aliphatic heterocycles. The highest BCUT2D eigenvalue weighted by Crippen LogP contribution is 2.39. The second kappa shape index (κ2) is 6.60. The van der Waals surface area contributed by atoms with Crippen LogP contribution in [0.2, 0.25) is 0 Å². The number of thiophene rings is 2. The number of allylic oxidation sites excluding steroid dienone is 4. The molecule has 0 radical (unpaired) electrons. The Morgan fingerprint density at radius 3 is 2.19 bits per heavy atom. The number of rotatable bonds is 4. The SMILES string of the molecule is C1=CC(c2ccc(-c3ccc(-c4cccs4)n3-c3ccccc3)s2)C=C1. The number of benzene rings is 1. The third-order valence-electron chi connectivity index (χ3n) is 4.62. The fraction of sp³-hybridized carbons (Fsp3) is 0.0435. The van der Waals surface area contributed by atoms with Crippen LogP contribution >= 0.6 is 22.7 Å². The molecule has 0 unspecified atom stereocenters. The van der Waals surface area contributed by atoms with Crippen molar-refractivity contribution in [2.45, 2.75) is 5.92 Å². The summed E-state index contributed by atoms with van der Waals surface area (Å²) in [5, 5.41) is 2.14. The Balaban J connectivity index is 1.65. The highest BCUT2D eigenvalue weighted by molar-refractivity contribution is 7.15. The molecule has 1 aromatic carbocycles. The number of nitrogens with zero attached hydrogens (tertiary/aromatic N) is 1. The zero-order valence-corrected chi connectivity index (χ0v) is 15.7.